The van der Waals surface area contributed by atoms with Crippen LogP contribution in [0.3, 0.4) is 0 Å². The summed E-state index contributed by atoms with van der Waals surface area (Å²) in [7, 11) is 0. The number of aromatic nitrogens is 1. The minimum Gasteiger partial charge on any atom is -0.390 e. The second-order valence-electron chi connectivity index (χ2n) is 5.76. The predicted molar refractivity (Wildman–Crippen MR) is 94.3 cm³/mol. The molecule has 2 N–H and O–H groups in total. The van der Waals surface area contributed by atoms with Crippen molar-refractivity contribution in [2.24, 2.45) is 5.16 Å². The molecule has 126 valence electrons. The van der Waals surface area contributed by atoms with Crippen molar-refractivity contribution >= 4 is 23.1 Å². The van der Waals surface area contributed by atoms with E-state index in [0.717, 1.165) is 21.2 Å². The first-order chi connectivity index (χ1) is 11.6. The van der Waals surface area contributed by atoms with E-state index in [0.29, 0.717) is 19.5 Å². The minimum absolute atomic E-state index is 0.130. The quantitative estimate of drug-likeness (QED) is 0.876. The number of nitrogens with one attached hydrogen (secondary N) is 2. The van der Waals surface area contributed by atoms with E-state index >= 15 is 0 Å². The fraction of sp³-hybridized carbons (Fsp3) is 0.353. The molecular formula is C17H20N4O2S. The molecule has 1 unspecified atom stereocenters. The number of urea groups is 1. The van der Waals surface area contributed by atoms with Crippen LogP contribution in [-0.4, -0.2) is 29.4 Å². The summed E-state index contributed by atoms with van der Waals surface area (Å²) >= 11 is 1.58. The van der Waals surface area contributed by atoms with Crippen LogP contribution in [0.2, 0.25) is 0 Å². The van der Waals surface area contributed by atoms with E-state index in [-0.39, 0.29) is 12.1 Å². The first-order valence-electron chi connectivity index (χ1n) is 7.83. The van der Waals surface area contributed by atoms with E-state index < -0.39 is 0 Å². The molecule has 0 spiro atoms. The van der Waals surface area contributed by atoms with Crippen LogP contribution >= 0.6 is 11.3 Å². The van der Waals surface area contributed by atoms with E-state index in [1.165, 1.54) is 5.56 Å². The van der Waals surface area contributed by atoms with E-state index in [4.69, 9.17) is 4.84 Å². The molecule has 3 rings (SSSR count). The van der Waals surface area contributed by atoms with Crippen LogP contribution in [0.15, 0.2) is 35.6 Å². The Labute approximate surface area is 144 Å². The van der Waals surface area contributed by atoms with Gasteiger partial charge in [-0.3, -0.25) is 0 Å². The van der Waals surface area contributed by atoms with Crippen molar-refractivity contribution in [2.75, 3.05) is 6.54 Å². The van der Waals surface area contributed by atoms with Crippen molar-refractivity contribution in [3.63, 3.8) is 0 Å². The van der Waals surface area contributed by atoms with Gasteiger partial charge in [0, 0.05) is 17.5 Å². The van der Waals surface area contributed by atoms with E-state index in [2.05, 4.69) is 39.8 Å². The highest BCUT2D eigenvalue weighted by Crippen LogP contribution is 2.16. The zero-order valence-electron chi connectivity index (χ0n) is 13.7. The Bertz CT molecular complexity index is 739. The third-order valence-electron chi connectivity index (χ3n) is 3.68. The van der Waals surface area contributed by atoms with Gasteiger partial charge in [0.1, 0.15) is 5.01 Å². The smallest absolute Gasteiger partial charge is 0.315 e. The number of rotatable bonds is 5. The molecule has 1 aliphatic heterocycles. The standard InChI is InChI=1S/C17H20N4O2S/c1-11-3-5-13(6-4-11)15-7-14(23-21-15)9-19-17(22)20-10-16-18-8-12(2)24-16/h3-6,8,14H,7,9-10H2,1-2H3,(H2,19,20,22). The molecule has 0 bridgehead atoms. The molecule has 2 heterocycles. The van der Waals surface area contributed by atoms with Gasteiger partial charge < -0.3 is 15.5 Å². The second-order valence-corrected chi connectivity index (χ2v) is 7.08. The normalized spacial score (nSPS) is 16.4. The molecule has 24 heavy (non-hydrogen) atoms. The zero-order valence-corrected chi connectivity index (χ0v) is 14.5. The van der Waals surface area contributed by atoms with Gasteiger partial charge in [0.2, 0.25) is 0 Å². The number of carbonyl (C=O) groups excluding carboxylic acids is 1. The molecule has 2 aromatic rings. The van der Waals surface area contributed by atoms with Crippen LogP contribution in [0.5, 0.6) is 0 Å². The summed E-state index contributed by atoms with van der Waals surface area (Å²) in [4.78, 5) is 22.6. The molecule has 2 amide bonds. The Morgan fingerprint density at radius 1 is 1.29 bits per heavy atom. The summed E-state index contributed by atoms with van der Waals surface area (Å²) < 4.78 is 0. The number of hydrogen-bond donors (Lipinski definition) is 2. The molecule has 1 aromatic heterocycles. The molecule has 6 nitrogen and oxygen atoms in total. The Kier molecular flexibility index (Phi) is 5.10. The average molecular weight is 344 g/mol. The third-order valence-corrected chi connectivity index (χ3v) is 4.59. The fourth-order valence-corrected chi connectivity index (χ4v) is 3.09. The highest BCUT2D eigenvalue weighted by molar-refractivity contribution is 7.11. The van der Waals surface area contributed by atoms with Crippen molar-refractivity contribution in [1.29, 1.82) is 0 Å². The molecular weight excluding hydrogens is 324 g/mol. The number of aryl methyl sites for hydroxylation is 2. The molecule has 0 saturated carbocycles. The zero-order chi connectivity index (χ0) is 16.9. The van der Waals surface area contributed by atoms with Crippen LogP contribution in [0.25, 0.3) is 0 Å². The minimum atomic E-state index is -0.227. The van der Waals surface area contributed by atoms with Crippen molar-refractivity contribution in [3.8, 4) is 0 Å². The van der Waals surface area contributed by atoms with Gasteiger partial charge >= 0.3 is 6.03 Å². The summed E-state index contributed by atoms with van der Waals surface area (Å²) in [5, 5.41) is 10.6. The molecule has 0 radical (unpaired) electrons. The Hall–Kier alpha value is -2.41. The largest absolute Gasteiger partial charge is 0.390 e. The van der Waals surface area contributed by atoms with Gasteiger partial charge in [-0.2, -0.15) is 0 Å². The van der Waals surface area contributed by atoms with E-state index in [1.54, 1.807) is 17.5 Å². The highest BCUT2D eigenvalue weighted by atomic mass is 32.1. The first-order valence-corrected chi connectivity index (χ1v) is 8.64. The van der Waals surface area contributed by atoms with Crippen LogP contribution in [0.1, 0.15) is 27.4 Å². The van der Waals surface area contributed by atoms with E-state index in [9.17, 15) is 4.79 Å². The third kappa shape index (κ3) is 4.32. The number of amides is 2. The van der Waals surface area contributed by atoms with Gasteiger partial charge in [0.05, 0.1) is 18.8 Å². The van der Waals surface area contributed by atoms with Crippen molar-refractivity contribution in [3.05, 3.63) is 51.5 Å². The summed E-state index contributed by atoms with van der Waals surface area (Å²) in [6.45, 7) is 4.89. The maximum atomic E-state index is 11.8. The lowest BCUT2D eigenvalue weighted by Crippen LogP contribution is -2.39. The van der Waals surface area contributed by atoms with Gasteiger partial charge in [-0.1, -0.05) is 35.0 Å². The Morgan fingerprint density at radius 3 is 2.79 bits per heavy atom. The molecule has 0 saturated heterocycles. The maximum absolute atomic E-state index is 11.8. The molecule has 0 aliphatic carbocycles. The number of nitrogens with zero attached hydrogens (tertiary/aromatic N) is 2. The number of benzene rings is 1. The SMILES string of the molecule is Cc1ccc(C2=NOC(CNC(=O)NCc3ncc(C)s3)C2)cc1. The van der Waals surface area contributed by atoms with Crippen LogP contribution in [0, 0.1) is 13.8 Å². The summed E-state index contributed by atoms with van der Waals surface area (Å²) in [5.41, 5.74) is 3.19. The number of carbonyl (C=O) groups is 1. The second kappa shape index (κ2) is 7.44. The van der Waals surface area contributed by atoms with Crippen molar-refractivity contribution < 1.29 is 9.63 Å². The van der Waals surface area contributed by atoms with Gasteiger partial charge in [0.15, 0.2) is 6.10 Å². The van der Waals surface area contributed by atoms with E-state index in [1.807, 2.05) is 19.1 Å². The molecule has 1 aliphatic rings. The molecule has 7 heteroatoms. The highest BCUT2D eigenvalue weighted by Gasteiger charge is 2.22. The number of hydrogen-bond acceptors (Lipinski definition) is 5. The molecule has 1 atom stereocenters. The lowest BCUT2D eigenvalue weighted by Gasteiger charge is -2.10. The van der Waals surface area contributed by atoms with Crippen LogP contribution in [-0.2, 0) is 11.4 Å². The lowest BCUT2D eigenvalue weighted by atomic mass is 10.0. The summed E-state index contributed by atoms with van der Waals surface area (Å²) in [5.74, 6) is 0. The maximum Gasteiger partial charge on any atom is 0.315 e. The monoisotopic (exact) mass is 344 g/mol. The Morgan fingerprint density at radius 2 is 2.08 bits per heavy atom. The van der Waals surface area contributed by atoms with Crippen LogP contribution < -0.4 is 10.6 Å². The summed E-state index contributed by atoms with van der Waals surface area (Å²) in [6, 6.07) is 7.95. The number of oxime groups is 1. The van der Waals surface area contributed by atoms with Crippen molar-refractivity contribution in [1.82, 2.24) is 15.6 Å². The van der Waals surface area contributed by atoms with Gasteiger partial charge in [-0.05, 0) is 19.4 Å². The van der Waals surface area contributed by atoms with Crippen LogP contribution in [0.4, 0.5) is 4.79 Å². The van der Waals surface area contributed by atoms with Crippen molar-refractivity contribution in [2.45, 2.75) is 32.9 Å². The summed E-state index contributed by atoms with van der Waals surface area (Å²) in [6.07, 6.45) is 2.36. The van der Waals surface area contributed by atoms with Gasteiger partial charge in [-0.15, -0.1) is 11.3 Å². The number of thiazole rings is 1. The van der Waals surface area contributed by atoms with Gasteiger partial charge in [-0.25, -0.2) is 9.78 Å². The average Bonchev–Trinajstić information content (AvgIpc) is 3.21. The first kappa shape index (κ1) is 16.4. The lowest BCUT2D eigenvalue weighted by molar-refractivity contribution is 0.0865. The molecule has 1 aromatic carbocycles. The predicted octanol–water partition coefficient (Wildman–Crippen LogP) is 2.75. The fourth-order valence-electron chi connectivity index (χ4n) is 2.36. The van der Waals surface area contributed by atoms with Gasteiger partial charge in [0.25, 0.3) is 0 Å². The Balaban J connectivity index is 1.40. The molecule has 0 fully saturated rings. The topological polar surface area (TPSA) is 75.6 Å².